The number of ether oxygens (including phenoxy) is 1. The van der Waals surface area contributed by atoms with Crippen molar-refractivity contribution in [1.29, 1.82) is 0 Å². The van der Waals surface area contributed by atoms with Gasteiger partial charge in [-0.25, -0.2) is 0 Å². The fourth-order valence-electron chi connectivity index (χ4n) is 6.04. The van der Waals surface area contributed by atoms with Crippen LogP contribution in [0.2, 0.25) is 0 Å². The molecule has 0 aliphatic carbocycles. The van der Waals surface area contributed by atoms with Gasteiger partial charge in [-0.2, -0.15) is 13.2 Å². The molecule has 1 unspecified atom stereocenters. The maximum atomic E-state index is 14.3. The van der Waals surface area contributed by atoms with Crippen LogP contribution >= 0.6 is 0 Å². The molecule has 4 heterocycles. The van der Waals surface area contributed by atoms with E-state index >= 15 is 0 Å². The minimum Gasteiger partial charge on any atom is -0.379 e. The number of carbonyl (C=O) groups is 1. The van der Waals surface area contributed by atoms with Crippen LogP contribution in [0, 0.1) is 0 Å². The van der Waals surface area contributed by atoms with E-state index in [0.29, 0.717) is 37.6 Å². The number of aromatic nitrogens is 3. The Morgan fingerprint density at radius 1 is 1.10 bits per heavy atom. The Hall–Kier alpha value is -3.44. The van der Waals surface area contributed by atoms with Gasteiger partial charge in [-0.15, -0.1) is 10.2 Å². The molecule has 1 aromatic heterocycles. The van der Waals surface area contributed by atoms with Crippen LogP contribution in [-0.4, -0.2) is 71.5 Å². The summed E-state index contributed by atoms with van der Waals surface area (Å²) in [5, 5.41) is 8.19. The van der Waals surface area contributed by atoms with Gasteiger partial charge in [-0.05, 0) is 49.4 Å². The van der Waals surface area contributed by atoms with Crippen molar-refractivity contribution in [3.05, 3.63) is 70.8 Å². The van der Waals surface area contributed by atoms with E-state index in [2.05, 4.69) is 15.1 Å². The first kappa shape index (κ1) is 25.8. The number of nitrogens with zero attached hydrogens (tertiary/aromatic N) is 6. The lowest BCUT2D eigenvalue weighted by molar-refractivity contribution is -0.138. The first-order chi connectivity index (χ1) is 18.6. The highest BCUT2D eigenvalue weighted by molar-refractivity contribution is 6.11. The third-order valence-corrected chi connectivity index (χ3v) is 8.32. The number of likely N-dealkylation sites (N-methyl/N-ethyl adjacent to an activating group) is 1. The van der Waals surface area contributed by atoms with Gasteiger partial charge in [0.2, 0.25) is 0 Å². The summed E-state index contributed by atoms with van der Waals surface area (Å²) in [6, 6.07) is 10.4. The van der Waals surface area contributed by atoms with Gasteiger partial charge in [0, 0.05) is 61.5 Å². The summed E-state index contributed by atoms with van der Waals surface area (Å²) >= 11 is 0. The van der Waals surface area contributed by atoms with Gasteiger partial charge in [-0.1, -0.05) is 12.1 Å². The van der Waals surface area contributed by atoms with E-state index in [9.17, 15) is 18.0 Å². The second kappa shape index (κ2) is 9.34. The molecule has 206 valence electrons. The van der Waals surface area contributed by atoms with E-state index in [1.54, 1.807) is 18.5 Å². The zero-order valence-corrected chi connectivity index (χ0v) is 22.2. The monoisotopic (exact) mass is 540 g/mol. The van der Waals surface area contributed by atoms with Gasteiger partial charge < -0.3 is 24.0 Å². The molecule has 11 heteroatoms. The number of carbonyl (C=O) groups excluding carboxylic acids is 1. The number of amides is 1. The number of alkyl halides is 3. The molecule has 6 rings (SSSR count). The molecule has 3 aromatic rings. The molecule has 0 radical (unpaired) electrons. The molecule has 2 fully saturated rings. The summed E-state index contributed by atoms with van der Waals surface area (Å²) in [7, 11) is 3.88. The Morgan fingerprint density at radius 2 is 1.90 bits per heavy atom. The minimum absolute atomic E-state index is 0.0296. The SMILES string of the molecule is CC1CN(C)CCN1c1cc2c(c(C(F)(F)F)c1)CN(c1cccc(C3(Cc4nncn4C)COC3)c1)C2=O. The zero-order valence-electron chi connectivity index (χ0n) is 22.2. The fraction of sp³-hybridized carbons (Fsp3) is 0.464. The van der Waals surface area contributed by atoms with Gasteiger partial charge in [-0.3, -0.25) is 4.79 Å². The van der Waals surface area contributed by atoms with Crippen molar-refractivity contribution in [2.75, 3.05) is 49.7 Å². The van der Waals surface area contributed by atoms with Crippen LogP contribution in [0.3, 0.4) is 0 Å². The van der Waals surface area contributed by atoms with Crippen molar-refractivity contribution >= 4 is 17.3 Å². The summed E-state index contributed by atoms with van der Waals surface area (Å²) in [5.74, 6) is 0.400. The molecule has 0 N–H and O–H groups in total. The summed E-state index contributed by atoms with van der Waals surface area (Å²) in [5.41, 5.74) is 1.05. The normalized spacial score (nSPS) is 21.3. The Bertz CT molecular complexity index is 1420. The number of fused-ring (bicyclic) bond motifs is 1. The van der Waals surface area contributed by atoms with Crippen LogP contribution in [0.4, 0.5) is 24.5 Å². The molecule has 1 amide bonds. The van der Waals surface area contributed by atoms with E-state index in [1.807, 2.05) is 48.7 Å². The lowest BCUT2D eigenvalue weighted by atomic mass is 9.75. The Balaban J connectivity index is 1.34. The van der Waals surface area contributed by atoms with E-state index in [0.717, 1.165) is 24.5 Å². The standard InChI is InChI=1S/C28H31F3N6O2/c1-18-13-34(2)7-8-36(18)21-10-22-23(24(11-21)28(29,30)31)14-37(26(22)38)20-6-4-5-19(9-20)27(15-39-16-27)12-25-33-32-17-35(25)3/h4-6,9-11,17-18H,7-8,12-16H2,1-3H3. The van der Waals surface area contributed by atoms with Crippen molar-refractivity contribution in [2.24, 2.45) is 7.05 Å². The zero-order chi connectivity index (χ0) is 27.5. The minimum atomic E-state index is -4.57. The van der Waals surface area contributed by atoms with Gasteiger partial charge in [0.15, 0.2) is 0 Å². The lowest BCUT2D eigenvalue weighted by Gasteiger charge is -2.42. The van der Waals surface area contributed by atoms with Gasteiger partial charge >= 0.3 is 6.18 Å². The maximum Gasteiger partial charge on any atom is 0.416 e. The lowest BCUT2D eigenvalue weighted by Crippen LogP contribution is -2.50. The van der Waals surface area contributed by atoms with E-state index < -0.39 is 17.6 Å². The summed E-state index contributed by atoms with van der Waals surface area (Å²) in [4.78, 5) is 19.3. The van der Waals surface area contributed by atoms with Gasteiger partial charge in [0.25, 0.3) is 5.91 Å². The first-order valence-electron chi connectivity index (χ1n) is 13.1. The highest BCUT2D eigenvalue weighted by atomic mass is 19.4. The number of rotatable bonds is 5. The largest absolute Gasteiger partial charge is 0.416 e. The average Bonchev–Trinajstić information content (AvgIpc) is 3.42. The number of hydrogen-bond donors (Lipinski definition) is 0. The van der Waals surface area contributed by atoms with Crippen molar-refractivity contribution in [1.82, 2.24) is 19.7 Å². The first-order valence-corrected chi connectivity index (χ1v) is 13.1. The third kappa shape index (κ3) is 4.47. The summed E-state index contributed by atoms with van der Waals surface area (Å²) < 4.78 is 50.4. The van der Waals surface area contributed by atoms with Gasteiger partial charge in [0.05, 0.1) is 25.3 Å². The van der Waals surface area contributed by atoms with Crippen LogP contribution < -0.4 is 9.80 Å². The average molecular weight is 541 g/mol. The molecule has 0 saturated carbocycles. The Morgan fingerprint density at radius 3 is 2.54 bits per heavy atom. The number of piperazine rings is 1. The quantitative estimate of drug-likeness (QED) is 0.493. The molecule has 3 aliphatic rings. The number of halogens is 3. The highest BCUT2D eigenvalue weighted by Crippen LogP contribution is 2.43. The molecular weight excluding hydrogens is 509 g/mol. The van der Waals surface area contributed by atoms with E-state index in [1.165, 1.54) is 11.0 Å². The van der Waals surface area contributed by atoms with Crippen molar-refractivity contribution in [3.8, 4) is 0 Å². The number of aryl methyl sites for hydroxylation is 1. The van der Waals surface area contributed by atoms with Crippen LogP contribution in [0.25, 0.3) is 0 Å². The van der Waals surface area contributed by atoms with Crippen molar-refractivity contribution in [2.45, 2.75) is 37.5 Å². The molecule has 39 heavy (non-hydrogen) atoms. The van der Waals surface area contributed by atoms with Gasteiger partial charge in [0.1, 0.15) is 12.2 Å². The fourth-order valence-corrected chi connectivity index (χ4v) is 6.04. The number of benzene rings is 2. The molecule has 2 saturated heterocycles. The van der Waals surface area contributed by atoms with Crippen molar-refractivity contribution in [3.63, 3.8) is 0 Å². The molecular formula is C28H31F3N6O2. The molecule has 8 nitrogen and oxygen atoms in total. The van der Waals surface area contributed by atoms with Crippen LogP contribution in [-0.2, 0) is 36.3 Å². The van der Waals surface area contributed by atoms with Crippen molar-refractivity contribution < 1.29 is 22.7 Å². The number of anilines is 2. The Labute approximate surface area is 225 Å². The highest BCUT2D eigenvalue weighted by Gasteiger charge is 2.44. The predicted octanol–water partition coefficient (Wildman–Crippen LogP) is 3.65. The molecule has 0 spiro atoms. The molecule has 3 aliphatic heterocycles. The second-order valence-corrected chi connectivity index (χ2v) is 11.1. The second-order valence-electron chi connectivity index (χ2n) is 11.1. The van der Waals surface area contributed by atoms with E-state index in [4.69, 9.17) is 4.74 Å². The topological polar surface area (TPSA) is 66.7 Å². The molecule has 2 aromatic carbocycles. The number of hydrogen-bond acceptors (Lipinski definition) is 6. The van der Waals surface area contributed by atoms with Crippen LogP contribution in [0.5, 0.6) is 0 Å². The summed E-state index contributed by atoms with van der Waals surface area (Å²) in [6.45, 7) is 4.93. The smallest absolute Gasteiger partial charge is 0.379 e. The maximum absolute atomic E-state index is 14.3. The third-order valence-electron chi connectivity index (χ3n) is 8.32. The predicted molar refractivity (Wildman–Crippen MR) is 140 cm³/mol. The Kier molecular flexibility index (Phi) is 6.18. The van der Waals surface area contributed by atoms with Crippen LogP contribution in [0.1, 0.15) is 39.8 Å². The summed E-state index contributed by atoms with van der Waals surface area (Å²) in [6.07, 6.45) is -2.32. The van der Waals surface area contributed by atoms with Crippen LogP contribution in [0.15, 0.2) is 42.7 Å². The molecule has 0 bridgehead atoms. The molecule has 1 atom stereocenters. The van der Waals surface area contributed by atoms with E-state index in [-0.39, 0.29) is 29.1 Å².